The fourth-order valence-corrected chi connectivity index (χ4v) is 1.81. The van der Waals surface area contributed by atoms with Gasteiger partial charge in [0.15, 0.2) is 5.78 Å². The highest BCUT2D eigenvalue weighted by atomic mass is 35.5. The number of Topliss-reactive ketones (excluding diaryl/α,β-unsaturated/α-hetero) is 1. The summed E-state index contributed by atoms with van der Waals surface area (Å²) in [6.45, 7) is 2.14. The van der Waals surface area contributed by atoms with E-state index >= 15 is 0 Å². The lowest BCUT2D eigenvalue weighted by atomic mass is 10.2. The van der Waals surface area contributed by atoms with Crippen molar-refractivity contribution in [2.75, 3.05) is 0 Å². The zero-order valence-corrected chi connectivity index (χ0v) is 10.6. The van der Waals surface area contributed by atoms with E-state index in [0.29, 0.717) is 29.1 Å². The predicted octanol–water partition coefficient (Wildman–Crippen LogP) is 3.32. The predicted molar refractivity (Wildman–Crippen MR) is 67.4 cm³/mol. The minimum Gasteiger partial charge on any atom is -0.294 e. The van der Waals surface area contributed by atoms with Crippen LogP contribution in [-0.2, 0) is 6.54 Å². The van der Waals surface area contributed by atoms with Gasteiger partial charge in [0.2, 0.25) is 0 Å². The Morgan fingerprint density at radius 1 is 1.50 bits per heavy atom. The van der Waals surface area contributed by atoms with E-state index in [1.165, 1.54) is 24.4 Å². The van der Waals surface area contributed by atoms with Gasteiger partial charge in [-0.2, -0.15) is 5.10 Å². The molecule has 0 saturated heterocycles. The second kappa shape index (κ2) is 5.31. The molecular weight excluding hydrogens is 255 g/mol. The number of carbonyl (C=O) groups is 1. The molecule has 0 unspecified atom stereocenters. The topological polar surface area (TPSA) is 34.9 Å². The van der Waals surface area contributed by atoms with Crippen molar-refractivity contribution < 1.29 is 9.18 Å². The van der Waals surface area contributed by atoms with Crippen LogP contribution < -0.4 is 0 Å². The zero-order valence-electron chi connectivity index (χ0n) is 9.86. The first-order chi connectivity index (χ1) is 8.60. The molecule has 1 aromatic carbocycles. The summed E-state index contributed by atoms with van der Waals surface area (Å²) in [7, 11) is 0. The summed E-state index contributed by atoms with van der Waals surface area (Å²) in [6, 6.07) is 4.18. The summed E-state index contributed by atoms with van der Waals surface area (Å²) in [5.41, 5.74) is 1.19. The second-order valence-electron chi connectivity index (χ2n) is 3.94. The van der Waals surface area contributed by atoms with Crippen LogP contribution in [0, 0.1) is 5.82 Å². The zero-order chi connectivity index (χ0) is 13.1. The molecule has 0 N–H and O–H groups in total. The van der Waals surface area contributed by atoms with Crippen LogP contribution in [0.3, 0.4) is 0 Å². The molecule has 0 aliphatic rings. The Morgan fingerprint density at radius 2 is 2.28 bits per heavy atom. The maximum atomic E-state index is 13.1. The van der Waals surface area contributed by atoms with Gasteiger partial charge in [0.25, 0.3) is 0 Å². The lowest BCUT2D eigenvalue weighted by molar-refractivity contribution is 0.0988. The monoisotopic (exact) mass is 266 g/mol. The lowest BCUT2D eigenvalue weighted by Gasteiger charge is -2.04. The highest BCUT2D eigenvalue weighted by Gasteiger charge is 2.08. The average molecular weight is 267 g/mol. The van der Waals surface area contributed by atoms with Crippen LogP contribution >= 0.6 is 11.6 Å². The first-order valence-electron chi connectivity index (χ1n) is 5.59. The van der Waals surface area contributed by atoms with E-state index in [0.717, 1.165) is 0 Å². The van der Waals surface area contributed by atoms with Gasteiger partial charge < -0.3 is 0 Å². The maximum Gasteiger partial charge on any atom is 0.165 e. The van der Waals surface area contributed by atoms with Gasteiger partial charge in [0, 0.05) is 17.6 Å². The van der Waals surface area contributed by atoms with Crippen LogP contribution in [0.25, 0.3) is 0 Å². The van der Waals surface area contributed by atoms with E-state index in [9.17, 15) is 9.18 Å². The number of benzene rings is 1. The fraction of sp³-hybridized carbons (Fsp3) is 0.231. The van der Waals surface area contributed by atoms with E-state index in [4.69, 9.17) is 11.6 Å². The molecule has 5 heteroatoms. The molecular formula is C13H12ClFN2O. The van der Waals surface area contributed by atoms with Gasteiger partial charge in [-0.25, -0.2) is 4.39 Å². The van der Waals surface area contributed by atoms with Crippen molar-refractivity contribution in [1.82, 2.24) is 9.78 Å². The summed E-state index contributed by atoms with van der Waals surface area (Å²) in [5, 5.41) is 4.55. The number of halogens is 2. The van der Waals surface area contributed by atoms with E-state index in [1.54, 1.807) is 17.8 Å². The molecule has 0 radical (unpaired) electrons. The number of carbonyl (C=O) groups excluding carboxylic acids is 1. The summed E-state index contributed by atoms with van der Waals surface area (Å²) < 4.78 is 14.7. The molecule has 0 bridgehead atoms. The molecule has 0 amide bonds. The van der Waals surface area contributed by atoms with Gasteiger partial charge in [-0.05, 0) is 23.8 Å². The van der Waals surface area contributed by atoms with Crippen LogP contribution in [0.2, 0.25) is 5.02 Å². The van der Waals surface area contributed by atoms with Crippen molar-refractivity contribution in [1.29, 1.82) is 0 Å². The molecule has 0 fully saturated rings. The van der Waals surface area contributed by atoms with Crippen molar-refractivity contribution in [2.45, 2.75) is 19.9 Å². The molecule has 2 rings (SSSR count). The Kier molecular flexibility index (Phi) is 3.77. The van der Waals surface area contributed by atoms with Crippen LogP contribution in [-0.4, -0.2) is 15.6 Å². The number of nitrogens with zero attached hydrogens (tertiary/aromatic N) is 2. The molecule has 18 heavy (non-hydrogen) atoms. The summed E-state index contributed by atoms with van der Waals surface area (Å²) in [5.74, 6) is -0.307. The highest BCUT2D eigenvalue weighted by molar-refractivity contribution is 6.31. The molecule has 0 aliphatic heterocycles. The van der Waals surface area contributed by atoms with Crippen molar-refractivity contribution in [3.05, 3.63) is 52.6 Å². The summed E-state index contributed by atoms with van der Waals surface area (Å²) in [4.78, 5) is 11.5. The summed E-state index contributed by atoms with van der Waals surface area (Å²) >= 11 is 5.97. The number of ketones is 1. The molecule has 3 nitrogen and oxygen atoms in total. The Hall–Kier alpha value is -1.68. The molecule has 2 aromatic rings. The van der Waals surface area contributed by atoms with E-state index < -0.39 is 0 Å². The van der Waals surface area contributed by atoms with Crippen molar-refractivity contribution in [3.63, 3.8) is 0 Å². The van der Waals surface area contributed by atoms with E-state index in [2.05, 4.69) is 5.10 Å². The third kappa shape index (κ3) is 2.76. The third-order valence-electron chi connectivity index (χ3n) is 2.62. The number of hydrogen-bond acceptors (Lipinski definition) is 2. The number of rotatable bonds is 4. The minimum atomic E-state index is -0.341. The van der Waals surface area contributed by atoms with Gasteiger partial charge in [0.1, 0.15) is 5.82 Å². The minimum absolute atomic E-state index is 0.0339. The molecule has 0 saturated carbocycles. The fourth-order valence-electron chi connectivity index (χ4n) is 1.64. The maximum absolute atomic E-state index is 13.1. The van der Waals surface area contributed by atoms with E-state index in [1.807, 2.05) is 0 Å². The number of aromatic nitrogens is 2. The van der Waals surface area contributed by atoms with Crippen LogP contribution in [0.1, 0.15) is 29.3 Å². The van der Waals surface area contributed by atoms with Crippen LogP contribution in [0.15, 0.2) is 30.6 Å². The second-order valence-corrected chi connectivity index (χ2v) is 4.35. The summed E-state index contributed by atoms with van der Waals surface area (Å²) in [6.07, 6.45) is 3.60. The first kappa shape index (κ1) is 12.8. The Morgan fingerprint density at radius 3 is 3.00 bits per heavy atom. The molecule has 0 atom stereocenters. The van der Waals surface area contributed by atoms with Gasteiger partial charge in [0.05, 0.1) is 18.3 Å². The molecule has 94 valence electrons. The molecule has 0 spiro atoms. The number of hydrogen-bond donors (Lipinski definition) is 0. The van der Waals surface area contributed by atoms with Crippen molar-refractivity contribution >= 4 is 17.4 Å². The lowest BCUT2D eigenvalue weighted by Crippen LogP contribution is -2.01. The standard InChI is InChI=1S/C13H12ClFN2O/c1-2-13(18)10-6-16-17(8-10)7-9-5-11(15)3-4-12(9)14/h3-6,8H,2,7H2,1H3. The van der Waals surface area contributed by atoms with Crippen molar-refractivity contribution in [2.24, 2.45) is 0 Å². The van der Waals surface area contributed by atoms with Gasteiger partial charge in [-0.3, -0.25) is 9.48 Å². The normalized spacial score (nSPS) is 10.6. The largest absolute Gasteiger partial charge is 0.294 e. The quantitative estimate of drug-likeness (QED) is 0.796. The smallest absolute Gasteiger partial charge is 0.165 e. The van der Waals surface area contributed by atoms with Crippen molar-refractivity contribution in [3.8, 4) is 0 Å². The Bertz CT molecular complexity index is 580. The first-order valence-corrected chi connectivity index (χ1v) is 5.97. The molecule has 1 heterocycles. The Labute approximate surface area is 109 Å². The highest BCUT2D eigenvalue weighted by Crippen LogP contribution is 2.18. The van der Waals surface area contributed by atoms with Gasteiger partial charge in [-0.1, -0.05) is 18.5 Å². The van der Waals surface area contributed by atoms with E-state index in [-0.39, 0.29) is 11.6 Å². The SMILES string of the molecule is CCC(=O)c1cnn(Cc2cc(F)ccc2Cl)c1. The van der Waals surface area contributed by atoms with Gasteiger partial charge >= 0.3 is 0 Å². The average Bonchev–Trinajstić information content (AvgIpc) is 2.81. The third-order valence-corrected chi connectivity index (χ3v) is 2.99. The van der Waals surface area contributed by atoms with Crippen LogP contribution in [0.5, 0.6) is 0 Å². The molecule has 0 aliphatic carbocycles. The Balaban J connectivity index is 2.21. The van der Waals surface area contributed by atoms with Gasteiger partial charge in [-0.15, -0.1) is 0 Å². The van der Waals surface area contributed by atoms with Crippen LogP contribution in [0.4, 0.5) is 4.39 Å². The molecule has 1 aromatic heterocycles.